The summed E-state index contributed by atoms with van der Waals surface area (Å²) in [5.41, 5.74) is 0.905. The maximum Gasteiger partial charge on any atom is 0.148 e. The van der Waals surface area contributed by atoms with E-state index in [1.165, 1.54) is 0 Å². The first kappa shape index (κ1) is 9.69. The largest absolute Gasteiger partial charge is 0.360 e. The zero-order valence-corrected chi connectivity index (χ0v) is 8.32. The van der Waals surface area contributed by atoms with Gasteiger partial charge in [0, 0.05) is 0 Å². The van der Waals surface area contributed by atoms with Crippen molar-refractivity contribution in [2.24, 2.45) is 0 Å². The molecule has 0 radical (unpaired) electrons. The van der Waals surface area contributed by atoms with Crippen LogP contribution in [0.1, 0.15) is 25.3 Å². The second-order valence-electron chi connectivity index (χ2n) is 1.64. The van der Waals surface area contributed by atoms with Crippen molar-refractivity contribution in [2.45, 2.75) is 27.7 Å². The van der Waals surface area contributed by atoms with E-state index >= 15 is 0 Å². The molecule has 0 aliphatic heterocycles. The van der Waals surface area contributed by atoms with E-state index in [9.17, 15) is 0 Å². The quantitative estimate of drug-likeness (QED) is 0.651. The van der Waals surface area contributed by atoms with E-state index in [0.29, 0.717) is 0 Å². The molecular weight excluding hydrogens is 194 g/mol. The molecule has 0 aliphatic carbocycles. The molecule has 1 rings (SSSR count). The molecule has 0 atom stereocenters. The lowest BCUT2D eigenvalue weighted by molar-refractivity contribution is 0.392. The van der Waals surface area contributed by atoms with Gasteiger partial charge in [-0.1, -0.05) is 19.0 Å². The molecule has 3 heteroatoms. The van der Waals surface area contributed by atoms with E-state index in [2.05, 4.69) is 21.1 Å². The fourth-order valence-corrected chi connectivity index (χ4v) is 0.617. The summed E-state index contributed by atoms with van der Waals surface area (Å²) in [5, 5.41) is 3.69. The van der Waals surface area contributed by atoms with Gasteiger partial charge in [-0.25, -0.2) is 0 Å². The normalized spacial score (nSPS) is 8.50. The maximum absolute atomic E-state index is 4.80. The Balaban J connectivity index is 0.000000371. The number of hydrogen-bond donors (Lipinski definition) is 0. The molecule has 1 aromatic rings. The molecule has 0 bridgehead atoms. The Morgan fingerprint density at radius 2 is 1.80 bits per heavy atom. The van der Waals surface area contributed by atoms with Gasteiger partial charge in [0.1, 0.15) is 5.76 Å². The predicted molar refractivity (Wildman–Crippen MR) is 45.0 cm³/mol. The van der Waals surface area contributed by atoms with Gasteiger partial charge < -0.3 is 4.52 Å². The van der Waals surface area contributed by atoms with E-state index in [4.69, 9.17) is 4.52 Å². The minimum atomic E-state index is 0.836. The third kappa shape index (κ3) is 2.14. The van der Waals surface area contributed by atoms with Gasteiger partial charge in [-0.2, -0.15) is 0 Å². The van der Waals surface area contributed by atoms with Gasteiger partial charge in [0.2, 0.25) is 0 Å². The lowest BCUT2D eigenvalue weighted by Crippen LogP contribution is -1.66. The van der Waals surface area contributed by atoms with Crippen molar-refractivity contribution < 1.29 is 4.52 Å². The summed E-state index contributed by atoms with van der Waals surface area (Å²) in [4.78, 5) is 0. The standard InChI is InChI=1S/C5H6BrNO.C2H6/c1-3-5(6)4(2)8-7-3;1-2/h1-2H3;1-2H3. The van der Waals surface area contributed by atoms with Crippen LogP contribution in [0.2, 0.25) is 0 Å². The van der Waals surface area contributed by atoms with Crippen molar-refractivity contribution in [3.8, 4) is 0 Å². The van der Waals surface area contributed by atoms with Crippen LogP contribution < -0.4 is 0 Å². The van der Waals surface area contributed by atoms with Crippen LogP contribution in [-0.4, -0.2) is 5.16 Å². The first-order valence-electron chi connectivity index (χ1n) is 3.30. The zero-order chi connectivity index (χ0) is 8.15. The molecule has 0 aromatic carbocycles. The van der Waals surface area contributed by atoms with E-state index < -0.39 is 0 Å². The van der Waals surface area contributed by atoms with Crippen molar-refractivity contribution in [1.82, 2.24) is 5.16 Å². The SMILES string of the molecule is CC.Cc1noc(C)c1Br. The average Bonchev–Trinajstić information content (AvgIpc) is 2.25. The Kier molecular flexibility index (Phi) is 4.36. The van der Waals surface area contributed by atoms with Gasteiger partial charge in [0.25, 0.3) is 0 Å². The Hall–Kier alpha value is -0.310. The van der Waals surface area contributed by atoms with Crippen LogP contribution in [0.25, 0.3) is 0 Å². The average molecular weight is 206 g/mol. The molecule has 0 saturated heterocycles. The van der Waals surface area contributed by atoms with Gasteiger partial charge in [0.15, 0.2) is 0 Å². The molecule has 0 spiro atoms. The maximum atomic E-state index is 4.80. The Morgan fingerprint density at radius 1 is 1.30 bits per heavy atom. The highest BCUT2D eigenvalue weighted by Gasteiger charge is 2.02. The molecule has 0 aliphatic rings. The van der Waals surface area contributed by atoms with Crippen LogP contribution in [0.3, 0.4) is 0 Å². The fraction of sp³-hybridized carbons (Fsp3) is 0.571. The van der Waals surface area contributed by atoms with Crippen molar-refractivity contribution in [3.05, 3.63) is 15.9 Å². The van der Waals surface area contributed by atoms with Crippen molar-refractivity contribution in [3.63, 3.8) is 0 Å². The number of aryl methyl sites for hydroxylation is 2. The van der Waals surface area contributed by atoms with Crippen LogP contribution >= 0.6 is 15.9 Å². The predicted octanol–water partition coefficient (Wildman–Crippen LogP) is 3.08. The first-order valence-corrected chi connectivity index (χ1v) is 4.09. The molecule has 10 heavy (non-hydrogen) atoms. The second kappa shape index (κ2) is 4.50. The molecule has 0 fully saturated rings. The van der Waals surface area contributed by atoms with Gasteiger partial charge in [0.05, 0.1) is 10.2 Å². The summed E-state index contributed by atoms with van der Waals surface area (Å²) < 4.78 is 5.77. The third-order valence-corrected chi connectivity index (χ3v) is 2.08. The van der Waals surface area contributed by atoms with E-state index in [0.717, 1.165) is 15.9 Å². The van der Waals surface area contributed by atoms with Gasteiger partial charge in [-0.05, 0) is 29.8 Å². The van der Waals surface area contributed by atoms with Gasteiger partial charge >= 0.3 is 0 Å². The molecular formula is C7H12BrNO. The zero-order valence-electron chi connectivity index (χ0n) is 6.73. The molecule has 1 heterocycles. The highest BCUT2D eigenvalue weighted by Crippen LogP contribution is 2.18. The summed E-state index contributed by atoms with van der Waals surface area (Å²) in [6, 6.07) is 0. The molecule has 0 unspecified atom stereocenters. The smallest absolute Gasteiger partial charge is 0.148 e. The highest BCUT2D eigenvalue weighted by molar-refractivity contribution is 9.10. The summed E-state index contributed by atoms with van der Waals surface area (Å²) in [6.07, 6.45) is 0. The fourth-order valence-electron chi connectivity index (χ4n) is 0.472. The van der Waals surface area contributed by atoms with Crippen LogP contribution in [0.15, 0.2) is 9.00 Å². The highest BCUT2D eigenvalue weighted by atomic mass is 79.9. The summed E-state index contributed by atoms with van der Waals surface area (Å²) in [6.45, 7) is 7.75. The Morgan fingerprint density at radius 3 is 1.90 bits per heavy atom. The van der Waals surface area contributed by atoms with Crippen LogP contribution in [-0.2, 0) is 0 Å². The van der Waals surface area contributed by atoms with Crippen molar-refractivity contribution in [1.29, 1.82) is 0 Å². The molecule has 1 aromatic heterocycles. The lowest BCUT2D eigenvalue weighted by Gasteiger charge is -1.77. The summed E-state index contributed by atoms with van der Waals surface area (Å²) in [5.74, 6) is 0.836. The van der Waals surface area contributed by atoms with Crippen molar-refractivity contribution in [2.75, 3.05) is 0 Å². The number of halogens is 1. The second-order valence-corrected chi connectivity index (χ2v) is 2.43. The van der Waals surface area contributed by atoms with E-state index in [1.54, 1.807) is 0 Å². The van der Waals surface area contributed by atoms with Crippen LogP contribution in [0.4, 0.5) is 0 Å². The Bertz CT molecular complexity index is 176. The first-order chi connectivity index (χ1) is 4.72. The minimum absolute atomic E-state index is 0.836. The molecule has 2 nitrogen and oxygen atoms in total. The number of rotatable bonds is 0. The lowest BCUT2D eigenvalue weighted by atomic mass is 10.4. The van der Waals surface area contributed by atoms with Crippen LogP contribution in [0.5, 0.6) is 0 Å². The van der Waals surface area contributed by atoms with Crippen molar-refractivity contribution >= 4 is 15.9 Å². The van der Waals surface area contributed by atoms with E-state index in [-0.39, 0.29) is 0 Å². The molecule has 0 N–H and O–H groups in total. The number of nitrogens with zero attached hydrogens (tertiary/aromatic N) is 1. The number of aromatic nitrogens is 1. The molecule has 0 saturated carbocycles. The minimum Gasteiger partial charge on any atom is -0.360 e. The summed E-state index contributed by atoms with van der Waals surface area (Å²) in [7, 11) is 0. The third-order valence-electron chi connectivity index (χ3n) is 0.946. The monoisotopic (exact) mass is 205 g/mol. The van der Waals surface area contributed by atoms with Gasteiger partial charge in [-0.15, -0.1) is 0 Å². The Labute approximate surface area is 69.7 Å². The topological polar surface area (TPSA) is 26.0 Å². The van der Waals surface area contributed by atoms with E-state index in [1.807, 2.05) is 27.7 Å². The summed E-state index contributed by atoms with van der Waals surface area (Å²) >= 11 is 3.29. The molecule has 58 valence electrons. The number of hydrogen-bond acceptors (Lipinski definition) is 2. The van der Waals surface area contributed by atoms with Gasteiger partial charge in [-0.3, -0.25) is 0 Å². The van der Waals surface area contributed by atoms with Crippen LogP contribution in [0, 0.1) is 13.8 Å². The molecule has 0 amide bonds.